The Balaban J connectivity index is 0.00000120. The van der Waals surface area contributed by atoms with Gasteiger partial charge in [-0.05, 0) is 56.7 Å². The third-order valence-corrected chi connectivity index (χ3v) is 5.26. The van der Waals surface area contributed by atoms with Gasteiger partial charge in [-0.2, -0.15) is 0 Å². The van der Waals surface area contributed by atoms with Gasteiger partial charge in [0, 0.05) is 28.4 Å². The van der Waals surface area contributed by atoms with E-state index >= 15 is 0 Å². The number of hydrogen-bond donors (Lipinski definition) is 0. The van der Waals surface area contributed by atoms with Gasteiger partial charge < -0.3 is 0 Å². The van der Waals surface area contributed by atoms with Gasteiger partial charge >= 0.3 is 0 Å². The fourth-order valence-corrected chi connectivity index (χ4v) is 4.36. The van der Waals surface area contributed by atoms with Crippen molar-refractivity contribution in [2.75, 3.05) is 0 Å². The van der Waals surface area contributed by atoms with Crippen LogP contribution in [0, 0.1) is 62.7 Å². The third kappa shape index (κ3) is 3.19. The van der Waals surface area contributed by atoms with Gasteiger partial charge in [-0.1, -0.05) is 38.3 Å². The van der Waals surface area contributed by atoms with Gasteiger partial charge in [0.25, 0.3) is 0 Å². The Hall–Kier alpha value is 0.169. The van der Waals surface area contributed by atoms with E-state index in [2.05, 4.69) is 81.7 Å². The minimum absolute atomic E-state index is 0. The Morgan fingerprint density at radius 3 is 1.50 bits per heavy atom. The summed E-state index contributed by atoms with van der Waals surface area (Å²) < 4.78 is 0. The van der Waals surface area contributed by atoms with Crippen molar-refractivity contribution < 1.29 is 17.1 Å². The normalized spacial score (nSPS) is 21.4. The largest absolute Gasteiger partial charge is 0.0622 e. The zero-order chi connectivity index (χ0) is 11.5. The van der Waals surface area contributed by atoms with Crippen molar-refractivity contribution in [1.82, 2.24) is 0 Å². The monoisotopic (exact) mass is 292 g/mol. The molecule has 90 valence electrons. The average molecular weight is 292 g/mol. The molecule has 1 aromatic carbocycles. The summed E-state index contributed by atoms with van der Waals surface area (Å²) in [5.74, 6) is 0. The van der Waals surface area contributed by atoms with Crippen LogP contribution in [0.2, 0.25) is 0 Å². The first-order valence-electron chi connectivity index (χ1n) is 5.74. The molecule has 18 heavy (non-hydrogen) atoms. The molecule has 0 aromatic heterocycles. The fraction of sp³-hybridized carbons (Fsp3) is 0. The minimum Gasteiger partial charge on any atom is -0.0622 e. The molecule has 0 atom stereocenters. The standard InChI is InChI=1S/C16H13P.Fe/c1-2-8-14(9-3-1)17(15-10-4-5-11-15)16-12-6-7-13-16;/h1-13H;. The summed E-state index contributed by atoms with van der Waals surface area (Å²) in [6.45, 7) is 0. The molecule has 0 spiro atoms. The predicted octanol–water partition coefficient (Wildman–Crippen LogP) is 3.52. The molecular weight excluding hydrogens is 279 g/mol. The van der Waals surface area contributed by atoms with E-state index in [0.717, 1.165) is 0 Å². The van der Waals surface area contributed by atoms with Crippen molar-refractivity contribution in [3.05, 3.63) is 93.0 Å². The van der Waals surface area contributed by atoms with Crippen molar-refractivity contribution >= 4 is 13.2 Å². The fourth-order valence-electron chi connectivity index (χ4n) is 2.05. The van der Waals surface area contributed by atoms with Gasteiger partial charge in [0.2, 0.25) is 0 Å². The molecule has 0 amide bonds. The molecule has 0 heterocycles. The first-order chi connectivity index (χ1) is 8.45. The smallest absolute Gasteiger partial charge is 0.0124 e. The Morgan fingerprint density at radius 2 is 1.06 bits per heavy atom. The number of rotatable bonds is 3. The second kappa shape index (κ2) is 7.09. The molecule has 2 fully saturated rings. The second-order valence-electron chi connectivity index (χ2n) is 3.96. The molecule has 1 aromatic rings. The Labute approximate surface area is 123 Å². The quantitative estimate of drug-likeness (QED) is 0.590. The average Bonchev–Trinajstić information content (AvgIpc) is 3.04. The molecule has 3 rings (SSSR count). The molecular formula is C16H13FeP. The molecule has 0 bridgehead atoms. The van der Waals surface area contributed by atoms with E-state index in [4.69, 9.17) is 0 Å². The van der Waals surface area contributed by atoms with Crippen molar-refractivity contribution in [3.8, 4) is 0 Å². The van der Waals surface area contributed by atoms with Crippen LogP contribution in [0.15, 0.2) is 30.3 Å². The maximum absolute atomic E-state index is 2.23. The van der Waals surface area contributed by atoms with Gasteiger partial charge in [-0.25, -0.2) is 0 Å². The Morgan fingerprint density at radius 1 is 0.611 bits per heavy atom. The maximum Gasteiger partial charge on any atom is 0.0124 e. The summed E-state index contributed by atoms with van der Waals surface area (Å²) in [7, 11) is -0.372. The first kappa shape index (κ1) is 14.6. The molecule has 0 nitrogen and oxygen atoms in total. The van der Waals surface area contributed by atoms with Gasteiger partial charge in [-0.3, -0.25) is 0 Å². The van der Waals surface area contributed by atoms with Gasteiger partial charge in [0.05, 0.1) is 0 Å². The third-order valence-electron chi connectivity index (χ3n) is 2.82. The Bertz CT molecular complexity index is 323. The Kier molecular flexibility index (Phi) is 5.74. The number of benzene rings is 1. The number of hydrogen-bond acceptors (Lipinski definition) is 0. The van der Waals surface area contributed by atoms with Gasteiger partial charge in [0.1, 0.15) is 0 Å². The molecule has 0 aliphatic heterocycles. The molecule has 0 unspecified atom stereocenters. The van der Waals surface area contributed by atoms with Crippen molar-refractivity contribution in [1.29, 1.82) is 0 Å². The van der Waals surface area contributed by atoms with E-state index in [9.17, 15) is 0 Å². The molecule has 10 radical (unpaired) electrons. The summed E-state index contributed by atoms with van der Waals surface area (Å²) >= 11 is 0. The van der Waals surface area contributed by atoms with Crippen LogP contribution in [0.1, 0.15) is 0 Å². The predicted molar refractivity (Wildman–Crippen MR) is 73.9 cm³/mol. The molecule has 0 saturated heterocycles. The van der Waals surface area contributed by atoms with E-state index in [1.165, 1.54) is 16.6 Å². The van der Waals surface area contributed by atoms with Crippen LogP contribution >= 0.6 is 7.92 Å². The van der Waals surface area contributed by atoms with E-state index < -0.39 is 0 Å². The van der Waals surface area contributed by atoms with Crippen LogP contribution in [0.5, 0.6) is 0 Å². The van der Waals surface area contributed by atoms with Gasteiger partial charge in [-0.15, -0.1) is 0 Å². The molecule has 2 aliphatic carbocycles. The summed E-state index contributed by atoms with van der Waals surface area (Å²) in [5.41, 5.74) is 2.86. The van der Waals surface area contributed by atoms with E-state index in [1.54, 1.807) is 0 Å². The molecule has 2 aliphatic rings. The molecule has 0 N–H and O–H groups in total. The topological polar surface area (TPSA) is 0 Å². The van der Waals surface area contributed by atoms with E-state index in [1.807, 2.05) is 0 Å². The van der Waals surface area contributed by atoms with Crippen LogP contribution in [-0.2, 0) is 17.1 Å². The van der Waals surface area contributed by atoms with Crippen LogP contribution in [-0.4, -0.2) is 0 Å². The summed E-state index contributed by atoms with van der Waals surface area (Å²) in [4.78, 5) is 0. The van der Waals surface area contributed by atoms with E-state index in [-0.39, 0.29) is 25.0 Å². The van der Waals surface area contributed by atoms with Gasteiger partial charge in [0.15, 0.2) is 0 Å². The van der Waals surface area contributed by atoms with Crippen LogP contribution in [0.3, 0.4) is 0 Å². The molecule has 2 heteroatoms. The van der Waals surface area contributed by atoms with Crippen LogP contribution < -0.4 is 5.30 Å². The first-order valence-corrected chi connectivity index (χ1v) is 7.08. The van der Waals surface area contributed by atoms with E-state index in [0.29, 0.717) is 0 Å². The van der Waals surface area contributed by atoms with Crippen molar-refractivity contribution in [2.24, 2.45) is 0 Å². The van der Waals surface area contributed by atoms with Crippen LogP contribution in [0.25, 0.3) is 0 Å². The zero-order valence-corrected chi connectivity index (χ0v) is 11.8. The second-order valence-corrected chi connectivity index (χ2v) is 6.18. The summed E-state index contributed by atoms with van der Waals surface area (Å²) in [6.07, 6.45) is 17.4. The van der Waals surface area contributed by atoms with Crippen molar-refractivity contribution in [2.45, 2.75) is 0 Å². The SMILES string of the molecule is [CH]1[CH][CH][C](P([C]2[CH][CH][CH][CH]2)c2ccccc2)[CH]1.[Fe]. The zero-order valence-electron chi connectivity index (χ0n) is 9.81. The molecule has 2 saturated carbocycles. The summed E-state index contributed by atoms with van der Waals surface area (Å²) in [5, 5.41) is 1.42. The minimum atomic E-state index is -0.372. The maximum atomic E-state index is 2.23. The van der Waals surface area contributed by atoms with Crippen LogP contribution in [0.4, 0.5) is 0 Å². The van der Waals surface area contributed by atoms with Crippen molar-refractivity contribution in [3.63, 3.8) is 0 Å². The summed E-state index contributed by atoms with van der Waals surface area (Å²) in [6, 6.07) is 10.8.